The van der Waals surface area contributed by atoms with E-state index in [0.717, 1.165) is 23.0 Å². The zero-order valence-corrected chi connectivity index (χ0v) is 11.0. The highest BCUT2D eigenvalue weighted by atomic mass is 79.9. The summed E-state index contributed by atoms with van der Waals surface area (Å²) in [4.78, 5) is 12.1. The Hall–Kier alpha value is -0.870. The van der Waals surface area contributed by atoms with Gasteiger partial charge in [-0.25, -0.2) is 0 Å². The maximum absolute atomic E-state index is 12.1. The molecule has 0 aromatic heterocycles. The summed E-state index contributed by atoms with van der Waals surface area (Å²) in [6.45, 7) is 0. The van der Waals surface area contributed by atoms with Crippen LogP contribution >= 0.6 is 15.9 Å². The lowest BCUT2D eigenvalue weighted by Crippen LogP contribution is -2.32. The van der Waals surface area contributed by atoms with Gasteiger partial charge >= 0.3 is 0 Å². The third-order valence-electron chi connectivity index (χ3n) is 3.75. The van der Waals surface area contributed by atoms with Gasteiger partial charge in [0.1, 0.15) is 0 Å². The summed E-state index contributed by atoms with van der Waals surface area (Å²) >= 11 is 3.38. The van der Waals surface area contributed by atoms with Gasteiger partial charge in [0.2, 0.25) is 5.91 Å². The molecule has 17 heavy (non-hydrogen) atoms. The highest BCUT2D eigenvalue weighted by Gasteiger charge is 2.42. The fraction of sp³-hybridized carbons (Fsp3) is 0.462. The summed E-state index contributed by atoms with van der Waals surface area (Å²) in [5, 5.41) is 6.48. The molecule has 1 aromatic rings. The largest absolute Gasteiger partial charge is 0.326 e. The normalized spacial score (nSPS) is 30.5. The minimum absolute atomic E-state index is 0.150. The Kier molecular flexibility index (Phi) is 2.92. The minimum Gasteiger partial charge on any atom is -0.326 e. The second-order valence-electron chi connectivity index (χ2n) is 4.89. The molecule has 3 unspecified atom stereocenters. The Bertz CT molecular complexity index is 432. The molecule has 1 amide bonds. The molecule has 2 bridgehead atoms. The summed E-state index contributed by atoms with van der Waals surface area (Å²) in [7, 11) is 0. The first kappa shape index (κ1) is 11.2. The van der Waals surface area contributed by atoms with Gasteiger partial charge in [0.15, 0.2) is 0 Å². The van der Waals surface area contributed by atoms with Crippen LogP contribution in [-0.4, -0.2) is 18.0 Å². The van der Waals surface area contributed by atoms with Gasteiger partial charge < -0.3 is 10.6 Å². The van der Waals surface area contributed by atoms with Gasteiger partial charge in [-0.3, -0.25) is 4.79 Å². The molecule has 2 N–H and O–H groups in total. The molecule has 0 radical (unpaired) electrons. The van der Waals surface area contributed by atoms with Crippen LogP contribution in [0.2, 0.25) is 0 Å². The third-order valence-corrected chi connectivity index (χ3v) is 4.28. The van der Waals surface area contributed by atoms with E-state index >= 15 is 0 Å². The Morgan fingerprint density at radius 1 is 1.29 bits per heavy atom. The molecule has 1 aromatic carbocycles. The zero-order chi connectivity index (χ0) is 11.8. The topological polar surface area (TPSA) is 41.1 Å². The summed E-state index contributed by atoms with van der Waals surface area (Å²) in [5.41, 5.74) is 0.876. The van der Waals surface area contributed by atoms with E-state index in [9.17, 15) is 4.79 Å². The van der Waals surface area contributed by atoms with Crippen molar-refractivity contribution in [3.05, 3.63) is 28.7 Å². The monoisotopic (exact) mass is 294 g/mol. The molecule has 2 aliphatic rings. The van der Waals surface area contributed by atoms with Crippen LogP contribution in [0.15, 0.2) is 28.7 Å². The van der Waals surface area contributed by atoms with Crippen LogP contribution in [-0.2, 0) is 4.79 Å². The van der Waals surface area contributed by atoms with Gasteiger partial charge in [-0.1, -0.05) is 15.9 Å². The Morgan fingerprint density at radius 2 is 2.06 bits per heavy atom. The summed E-state index contributed by atoms with van der Waals surface area (Å²) in [5.74, 6) is 0.310. The van der Waals surface area contributed by atoms with Crippen molar-refractivity contribution in [2.24, 2.45) is 5.92 Å². The van der Waals surface area contributed by atoms with E-state index in [1.165, 1.54) is 6.42 Å². The first-order chi connectivity index (χ1) is 8.22. The molecular formula is C13H15BrN2O. The van der Waals surface area contributed by atoms with E-state index in [4.69, 9.17) is 0 Å². The van der Waals surface area contributed by atoms with Gasteiger partial charge in [0.25, 0.3) is 0 Å². The molecule has 3 nitrogen and oxygen atoms in total. The number of nitrogens with one attached hydrogen (secondary N) is 2. The Morgan fingerprint density at radius 3 is 2.65 bits per heavy atom. The molecule has 3 atom stereocenters. The van der Waals surface area contributed by atoms with Crippen LogP contribution < -0.4 is 10.6 Å². The standard InChI is InChI=1S/C13H15BrN2O/c14-8-1-3-9(4-2-8)16-13(17)11-7-10-5-6-12(11)15-10/h1-4,10-12,15H,5-7H2,(H,16,17). The molecule has 2 aliphatic heterocycles. The van der Waals surface area contributed by atoms with E-state index < -0.39 is 0 Å². The van der Waals surface area contributed by atoms with E-state index in [0.29, 0.717) is 12.1 Å². The highest BCUT2D eigenvalue weighted by Crippen LogP contribution is 2.33. The number of hydrogen-bond acceptors (Lipinski definition) is 2. The lowest BCUT2D eigenvalue weighted by molar-refractivity contribution is -0.120. The number of rotatable bonds is 2. The van der Waals surface area contributed by atoms with Crippen LogP contribution in [0.4, 0.5) is 5.69 Å². The molecule has 2 heterocycles. The zero-order valence-electron chi connectivity index (χ0n) is 9.45. The average Bonchev–Trinajstić information content (AvgIpc) is 2.94. The lowest BCUT2D eigenvalue weighted by atomic mass is 9.88. The first-order valence-corrected chi connectivity index (χ1v) is 6.84. The Balaban J connectivity index is 1.65. The predicted molar refractivity (Wildman–Crippen MR) is 70.8 cm³/mol. The number of amides is 1. The van der Waals surface area contributed by atoms with Gasteiger partial charge in [0, 0.05) is 22.2 Å². The highest BCUT2D eigenvalue weighted by molar-refractivity contribution is 9.10. The maximum Gasteiger partial charge on any atom is 0.229 e. The van der Waals surface area contributed by atoms with Crippen LogP contribution in [0.5, 0.6) is 0 Å². The van der Waals surface area contributed by atoms with Gasteiger partial charge in [0.05, 0.1) is 5.92 Å². The van der Waals surface area contributed by atoms with Crippen molar-refractivity contribution < 1.29 is 4.79 Å². The number of hydrogen-bond donors (Lipinski definition) is 2. The fourth-order valence-electron chi connectivity index (χ4n) is 2.88. The number of anilines is 1. The molecule has 90 valence electrons. The van der Waals surface area contributed by atoms with Gasteiger partial charge in [-0.2, -0.15) is 0 Å². The van der Waals surface area contributed by atoms with E-state index in [2.05, 4.69) is 26.6 Å². The number of benzene rings is 1. The second-order valence-corrected chi connectivity index (χ2v) is 5.80. The molecule has 0 aliphatic carbocycles. The number of halogens is 1. The fourth-order valence-corrected chi connectivity index (χ4v) is 3.15. The molecule has 2 fully saturated rings. The molecule has 3 rings (SSSR count). The van der Waals surface area contributed by atoms with Crippen molar-refractivity contribution >= 4 is 27.5 Å². The van der Waals surface area contributed by atoms with Crippen molar-refractivity contribution in [2.75, 3.05) is 5.32 Å². The predicted octanol–water partition coefficient (Wildman–Crippen LogP) is 2.53. The lowest BCUT2D eigenvalue weighted by Gasteiger charge is -2.19. The van der Waals surface area contributed by atoms with E-state index in [1.807, 2.05) is 24.3 Å². The van der Waals surface area contributed by atoms with Crippen LogP contribution in [0, 0.1) is 5.92 Å². The summed E-state index contributed by atoms with van der Waals surface area (Å²) in [6.07, 6.45) is 3.36. The van der Waals surface area contributed by atoms with E-state index in [-0.39, 0.29) is 11.8 Å². The molecule has 4 heteroatoms. The molecule has 0 spiro atoms. The second kappa shape index (κ2) is 4.42. The number of carbonyl (C=O) groups excluding carboxylic acids is 1. The first-order valence-electron chi connectivity index (χ1n) is 6.05. The van der Waals surface area contributed by atoms with Crippen molar-refractivity contribution in [3.8, 4) is 0 Å². The Labute approximate surface area is 109 Å². The molecule has 2 saturated heterocycles. The van der Waals surface area contributed by atoms with Crippen LogP contribution in [0.3, 0.4) is 0 Å². The minimum atomic E-state index is 0.150. The average molecular weight is 295 g/mol. The maximum atomic E-state index is 12.1. The van der Waals surface area contributed by atoms with Crippen molar-refractivity contribution in [2.45, 2.75) is 31.3 Å². The third kappa shape index (κ3) is 2.24. The molecule has 0 saturated carbocycles. The van der Waals surface area contributed by atoms with Crippen LogP contribution in [0.1, 0.15) is 19.3 Å². The van der Waals surface area contributed by atoms with Crippen LogP contribution in [0.25, 0.3) is 0 Å². The SMILES string of the molecule is O=C(Nc1ccc(Br)cc1)C1CC2CCC1N2. The van der Waals surface area contributed by atoms with Crippen molar-refractivity contribution in [1.29, 1.82) is 0 Å². The molecular weight excluding hydrogens is 280 g/mol. The number of fused-ring (bicyclic) bond motifs is 2. The van der Waals surface area contributed by atoms with Gasteiger partial charge in [-0.05, 0) is 43.5 Å². The summed E-state index contributed by atoms with van der Waals surface area (Å²) < 4.78 is 1.03. The quantitative estimate of drug-likeness (QED) is 0.880. The van der Waals surface area contributed by atoms with Gasteiger partial charge in [-0.15, -0.1) is 0 Å². The smallest absolute Gasteiger partial charge is 0.229 e. The van der Waals surface area contributed by atoms with E-state index in [1.54, 1.807) is 0 Å². The van der Waals surface area contributed by atoms with Crippen molar-refractivity contribution in [1.82, 2.24) is 5.32 Å². The number of carbonyl (C=O) groups is 1. The van der Waals surface area contributed by atoms with Crippen molar-refractivity contribution in [3.63, 3.8) is 0 Å². The summed E-state index contributed by atoms with van der Waals surface area (Å²) in [6, 6.07) is 8.69.